The minimum atomic E-state index is -3.70. The van der Waals surface area contributed by atoms with E-state index in [1.807, 2.05) is 0 Å². The molecule has 2 heterocycles. The molecule has 7 nitrogen and oxygen atoms in total. The van der Waals surface area contributed by atoms with Gasteiger partial charge in [0.2, 0.25) is 10.0 Å². The molecule has 0 aliphatic rings. The molecule has 0 saturated heterocycles. The maximum absolute atomic E-state index is 13.2. The van der Waals surface area contributed by atoms with Crippen molar-refractivity contribution >= 4 is 15.7 Å². The SMILES string of the molecule is COc1ccc(S(=O)(=O)NCCc2cn3cc(F)ccc3n2)cc1OC. The Morgan fingerprint density at radius 1 is 1.12 bits per heavy atom. The van der Waals surface area contributed by atoms with Crippen LogP contribution in [0.5, 0.6) is 11.5 Å². The standard InChI is InChI=1S/C17H18FN3O4S/c1-24-15-5-4-14(9-16(15)25-2)26(22,23)19-8-7-13-11-21-10-12(18)3-6-17(21)20-13/h3-6,9-11,19H,7-8H2,1-2H3. The minimum Gasteiger partial charge on any atom is -0.493 e. The fourth-order valence-corrected chi connectivity index (χ4v) is 3.57. The van der Waals surface area contributed by atoms with Gasteiger partial charge in [-0.15, -0.1) is 0 Å². The Kier molecular flexibility index (Phi) is 5.10. The van der Waals surface area contributed by atoms with Crippen molar-refractivity contribution in [3.8, 4) is 11.5 Å². The van der Waals surface area contributed by atoms with E-state index in [0.29, 0.717) is 29.3 Å². The molecule has 0 fully saturated rings. The molecule has 138 valence electrons. The zero-order chi connectivity index (χ0) is 18.7. The van der Waals surface area contributed by atoms with Crippen LogP contribution in [-0.2, 0) is 16.4 Å². The Balaban J connectivity index is 1.69. The van der Waals surface area contributed by atoms with Gasteiger partial charge < -0.3 is 13.9 Å². The van der Waals surface area contributed by atoms with Gasteiger partial charge in [-0.3, -0.25) is 0 Å². The van der Waals surface area contributed by atoms with Crippen LogP contribution in [0, 0.1) is 5.82 Å². The van der Waals surface area contributed by atoms with Crippen molar-refractivity contribution in [3.63, 3.8) is 0 Å². The highest BCUT2D eigenvalue weighted by Gasteiger charge is 2.17. The smallest absolute Gasteiger partial charge is 0.240 e. The van der Waals surface area contributed by atoms with Gasteiger partial charge in [0.25, 0.3) is 0 Å². The van der Waals surface area contributed by atoms with Gasteiger partial charge in [0.1, 0.15) is 11.5 Å². The van der Waals surface area contributed by atoms with E-state index in [0.717, 1.165) is 0 Å². The molecule has 1 N–H and O–H groups in total. The van der Waals surface area contributed by atoms with Gasteiger partial charge in [-0.25, -0.2) is 22.5 Å². The zero-order valence-electron chi connectivity index (χ0n) is 14.3. The quantitative estimate of drug-likeness (QED) is 0.679. The van der Waals surface area contributed by atoms with Crippen molar-refractivity contribution in [2.24, 2.45) is 0 Å². The topological polar surface area (TPSA) is 81.9 Å². The van der Waals surface area contributed by atoms with Crippen LogP contribution in [-0.4, -0.2) is 38.6 Å². The number of imidazole rings is 1. The first kappa shape index (κ1) is 18.2. The number of fused-ring (bicyclic) bond motifs is 1. The highest BCUT2D eigenvalue weighted by molar-refractivity contribution is 7.89. The van der Waals surface area contributed by atoms with Gasteiger partial charge in [-0.2, -0.15) is 0 Å². The third-order valence-electron chi connectivity index (χ3n) is 3.80. The molecule has 0 radical (unpaired) electrons. The molecule has 3 rings (SSSR count). The number of hydrogen-bond donors (Lipinski definition) is 1. The molecule has 0 unspecified atom stereocenters. The summed E-state index contributed by atoms with van der Waals surface area (Å²) in [5.74, 6) is 0.414. The summed E-state index contributed by atoms with van der Waals surface area (Å²) in [6.45, 7) is 0.156. The lowest BCUT2D eigenvalue weighted by molar-refractivity contribution is 0.354. The van der Waals surface area contributed by atoms with Crippen LogP contribution in [0.4, 0.5) is 4.39 Å². The molecule has 0 aliphatic heterocycles. The maximum atomic E-state index is 13.2. The van der Waals surface area contributed by atoms with Gasteiger partial charge in [0.05, 0.1) is 24.8 Å². The zero-order valence-corrected chi connectivity index (χ0v) is 15.1. The Labute approximate surface area is 150 Å². The average molecular weight is 379 g/mol. The van der Waals surface area contributed by atoms with E-state index in [4.69, 9.17) is 9.47 Å². The first-order chi connectivity index (χ1) is 12.4. The average Bonchev–Trinajstić information content (AvgIpc) is 3.02. The van der Waals surface area contributed by atoms with Crippen LogP contribution >= 0.6 is 0 Å². The van der Waals surface area contributed by atoms with Crippen LogP contribution in [0.3, 0.4) is 0 Å². The lowest BCUT2D eigenvalue weighted by Crippen LogP contribution is -2.26. The van der Waals surface area contributed by atoms with E-state index in [1.54, 1.807) is 16.7 Å². The number of aromatic nitrogens is 2. The molecular formula is C17H18FN3O4S. The molecule has 1 aromatic carbocycles. The first-order valence-electron chi connectivity index (χ1n) is 7.78. The van der Waals surface area contributed by atoms with E-state index < -0.39 is 10.0 Å². The number of nitrogens with one attached hydrogen (secondary N) is 1. The van der Waals surface area contributed by atoms with E-state index >= 15 is 0 Å². The van der Waals surface area contributed by atoms with Crippen molar-refractivity contribution in [2.75, 3.05) is 20.8 Å². The summed E-state index contributed by atoms with van der Waals surface area (Å²) < 4.78 is 52.4. The van der Waals surface area contributed by atoms with E-state index in [1.165, 1.54) is 44.7 Å². The van der Waals surface area contributed by atoms with Crippen molar-refractivity contribution in [1.29, 1.82) is 0 Å². The molecule has 0 saturated carbocycles. The van der Waals surface area contributed by atoms with Crippen molar-refractivity contribution in [1.82, 2.24) is 14.1 Å². The second kappa shape index (κ2) is 7.30. The van der Waals surface area contributed by atoms with Gasteiger partial charge >= 0.3 is 0 Å². The molecule has 0 amide bonds. The molecule has 3 aromatic rings. The molecule has 9 heteroatoms. The Morgan fingerprint density at radius 2 is 1.88 bits per heavy atom. The molecule has 0 spiro atoms. The van der Waals surface area contributed by atoms with Gasteiger partial charge in [0, 0.05) is 31.4 Å². The highest BCUT2D eigenvalue weighted by Crippen LogP contribution is 2.29. The van der Waals surface area contributed by atoms with Crippen molar-refractivity contribution < 1.29 is 22.3 Å². The Bertz CT molecular complexity index is 1030. The Morgan fingerprint density at radius 3 is 2.62 bits per heavy atom. The van der Waals surface area contributed by atoms with Crippen LogP contribution in [0.2, 0.25) is 0 Å². The fourth-order valence-electron chi connectivity index (χ4n) is 2.52. The lowest BCUT2D eigenvalue weighted by Gasteiger charge is -2.10. The number of halogens is 1. The summed E-state index contributed by atoms with van der Waals surface area (Å²) in [6, 6.07) is 7.26. The number of nitrogens with zero attached hydrogens (tertiary/aromatic N) is 2. The number of hydrogen-bond acceptors (Lipinski definition) is 5. The summed E-state index contributed by atoms with van der Waals surface area (Å²) in [4.78, 5) is 4.40. The number of ether oxygens (including phenoxy) is 2. The summed E-state index contributed by atoms with van der Waals surface area (Å²) in [5, 5.41) is 0. The van der Waals surface area contributed by atoms with E-state index in [-0.39, 0.29) is 17.3 Å². The van der Waals surface area contributed by atoms with Crippen molar-refractivity contribution in [3.05, 3.63) is 54.2 Å². The van der Waals surface area contributed by atoms with Crippen LogP contribution in [0.1, 0.15) is 5.69 Å². The molecular weight excluding hydrogens is 361 g/mol. The second-order valence-electron chi connectivity index (χ2n) is 5.51. The maximum Gasteiger partial charge on any atom is 0.240 e. The minimum absolute atomic E-state index is 0.0761. The lowest BCUT2D eigenvalue weighted by atomic mass is 10.3. The Hall–Kier alpha value is -2.65. The summed E-state index contributed by atoms with van der Waals surface area (Å²) in [6.07, 6.45) is 3.36. The van der Waals surface area contributed by atoms with Crippen LogP contribution < -0.4 is 14.2 Å². The van der Waals surface area contributed by atoms with Crippen molar-refractivity contribution in [2.45, 2.75) is 11.3 Å². The largest absolute Gasteiger partial charge is 0.493 e. The fraction of sp³-hybridized carbons (Fsp3) is 0.235. The number of rotatable bonds is 7. The predicted molar refractivity (Wildman–Crippen MR) is 93.6 cm³/mol. The van der Waals surface area contributed by atoms with Gasteiger partial charge in [0.15, 0.2) is 11.5 Å². The molecule has 0 bridgehead atoms. The molecule has 0 atom stereocenters. The van der Waals surface area contributed by atoms with Crippen LogP contribution in [0.15, 0.2) is 47.6 Å². The third kappa shape index (κ3) is 3.78. The number of pyridine rings is 1. The van der Waals surface area contributed by atoms with E-state index in [2.05, 4.69) is 9.71 Å². The second-order valence-corrected chi connectivity index (χ2v) is 7.28. The normalized spacial score (nSPS) is 11.7. The summed E-state index contributed by atoms with van der Waals surface area (Å²) in [5.41, 5.74) is 1.26. The van der Waals surface area contributed by atoms with Crippen LogP contribution in [0.25, 0.3) is 5.65 Å². The molecule has 0 aliphatic carbocycles. The highest BCUT2D eigenvalue weighted by atomic mass is 32.2. The summed E-state index contributed by atoms with van der Waals surface area (Å²) in [7, 11) is -0.789. The number of methoxy groups -OCH3 is 2. The first-order valence-corrected chi connectivity index (χ1v) is 9.26. The van der Waals surface area contributed by atoms with Gasteiger partial charge in [-0.1, -0.05) is 0 Å². The van der Waals surface area contributed by atoms with E-state index in [9.17, 15) is 12.8 Å². The summed E-state index contributed by atoms with van der Waals surface area (Å²) >= 11 is 0. The molecule has 26 heavy (non-hydrogen) atoms. The number of benzene rings is 1. The molecule has 2 aromatic heterocycles. The third-order valence-corrected chi connectivity index (χ3v) is 5.26. The monoisotopic (exact) mass is 379 g/mol. The predicted octanol–water partition coefficient (Wildman–Crippen LogP) is 2.01. The van der Waals surface area contributed by atoms with Gasteiger partial charge in [-0.05, 0) is 24.3 Å². The number of sulfonamides is 1.